The molecule has 1 aliphatic heterocycles. The van der Waals surface area contributed by atoms with Gasteiger partial charge in [0.2, 0.25) is 5.91 Å². The van der Waals surface area contributed by atoms with Crippen LogP contribution in [-0.4, -0.2) is 23.0 Å². The number of carbonyl (C=O) groups is 2. The molecule has 0 radical (unpaired) electrons. The number of benzene rings is 2. The Morgan fingerprint density at radius 3 is 2.35 bits per heavy atom. The number of ether oxygens (including phenoxy) is 2. The van der Waals surface area contributed by atoms with Crippen molar-refractivity contribution in [3.8, 4) is 22.8 Å². The summed E-state index contributed by atoms with van der Waals surface area (Å²) >= 11 is 0. The molecule has 8 heteroatoms. The molecule has 1 N–H and O–H groups in total. The van der Waals surface area contributed by atoms with Gasteiger partial charge >= 0.3 is 6.29 Å². The van der Waals surface area contributed by atoms with E-state index in [1.807, 2.05) is 32.0 Å². The summed E-state index contributed by atoms with van der Waals surface area (Å²) in [6.45, 7) is 5.33. The van der Waals surface area contributed by atoms with Crippen molar-refractivity contribution in [1.29, 1.82) is 0 Å². The van der Waals surface area contributed by atoms with Crippen molar-refractivity contribution < 1.29 is 27.8 Å². The second-order valence-corrected chi connectivity index (χ2v) is 8.81. The van der Waals surface area contributed by atoms with Crippen molar-refractivity contribution >= 4 is 17.5 Å². The van der Waals surface area contributed by atoms with Gasteiger partial charge < -0.3 is 14.8 Å². The lowest BCUT2D eigenvalue weighted by Gasteiger charge is -2.17. The lowest BCUT2D eigenvalue weighted by Crippen LogP contribution is -2.28. The van der Waals surface area contributed by atoms with Gasteiger partial charge in [-0.1, -0.05) is 24.3 Å². The van der Waals surface area contributed by atoms with Crippen LogP contribution in [0.1, 0.15) is 46.8 Å². The summed E-state index contributed by atoms with van der Waals surface area (Å²) < 4.78 is 35.7. The number of aryl methyl sites for hydroxylation is 2. The van der Waals surface area contributed by atoms with E-state index in [-0.39, 0.29) is 23.2 Å². The Bertz CT molecular complexity index is 1350. The highest BCUT2D eigenvalue weighted by Crippen LogP contribution is 2.52. The van der Waals surface area contributed by atoms with Crippen LogP contribution in [0.2, 0.25) is 0 Å². The fourth-order valence-electron chi connectivity index (χ4n) is 4.35. The van der Waals surface area contributed by atoms with E-state index >= 15 is 0 Å². The first-order chi connectivity index (χ1) is 16.1. The van der Waals surface area contributed by atoms with Crippen LogP contribution >= 0.6 is 0 Å². The number of nitrogens with one attached hydrogen (secondary N) is 1. The van der Waals surface area contributed by atoms with Crippen LogP contribution in [-0.2, 0) is 10.2 Å². The molecule has 0 spiro atoms. The molecule has 1 aromatic heterocycles. The summed E-state index contributed by atoms with van der Waals surface area (Å²) in [5.41, 5.74) is 3.73. The van der Waals surface area contributed by atoms with E-state index in [9.17, 15) is 18.4 Å². The molecular weight excluding hydrogens is 442 g/mol. The number of alkyl halides is 2. The number of pyridine rings is 1. The number of hydrogen-bond donors (Lipinski definition) is 1. The van der Waals surface area contributed by atoms with Gasteiger partial charge in [0.25, 0.3) is 0 Å². The Hall–Kier alpha value is -3.81. The number of amides is 1. The number of carbonyl (C=O) groups excluding carboxylic acids is 2. The zero-order chi connectivity index (χ0) is 24.3. The quantitative estimate of drug-likeness (QED) is 0.500. The lowest BCUT2D eigenvalue weighted by atomic mass is 9.94. The monoisotopic (exact) mass is 464 g/mol. The lowest BCUT2D eigenvalue weighted by molar-refractivity contribution is -0.286. The van der Waals surface area contributed by atoms with E-state index in [2.05, 4.69) is 19.8 Å². The molecule has 1 saturated carbocycles. The molecule has 174 valence electrons. The maximum atomic E-state index is 13.4. The van der Waals surface area contributed by atoms with Crippen LogP contribution in [0.25, 0.3) is 11.3 Å². The van der Waals surface area contributed by atoms with Crippen LogP contribution in [0, 0.1) is 13.8 Å². The number of rotatable bonds is 5. The number of Topliss-reactive ketones (excluding diaryl/α,β-unsaturated/α-hetero) is 1. The molecule has 2 aromatic carbocycles. The van der Waals surface area contributed by atoms with Gasteiger partial charge in [-0.3, -0.25) is 9.59 Å². The number of halogens is 2. The first kappa shape index (κ1) is 22.0. The van der Waals surface area contributed by atoms with Gasteiger partial charge in [0.1, 0.15) is 5.82 Å². The smallest absolute Gasteiger partial charge is 0.395 e. The van der Waals surface area contributed by atoms with Crippen LogP contribution < -0.4 is 14.8 Å². The first-order valence-electron chi connectivity index (χ1n) is 10.9. The number of fused-ring (bicyclic) bond motifs is 1. The highest BCUT2D eigenvalue weighted by molar-refractivity contribution is 6.01. The van der Waals surface area contributed by atoms with E-state index in [0.717, 1.165) is 16.7 Å². The number of ketones is 1. The standard InChI is InChI=1S/C26H22F2N2O4/c1-14-4-9-22(29-23(14)17-5-7-19(16(3)31)15(2)12-17)30-24(32)25(10-11-25)18-6-8-20-21(13-18)34-26(27,28)33-20/h4-9,12-13H,10-11H2,1-3H3,(H,29,30,32). The molecule has 0 unspecified atom stereocenters. The van der Waals surface area contributed by atoms with Crippen molar-refractivity contribution in [3.05, 3.63) is 70.8 Å². The van der Waals surface area contributed by atoms with E-state index in [4.69, 9.17) is 0 Å². The van der Waals surface area contributed by atoms with Crippen molar-refractivity contribution in [3.63, 3.8) is 0 Å². The minimum absolute atomic E-state index is 0.00304. The van der Waals surface area contributed by atoms with Gasteiger partial charge in [0.05, 0.1) is 11.1 Å². The zero-order valence-corrected chi connectivity index (χ0v) is 18.9. The fraction of sp³-hybridized carbons (Fsp3) is 0.269. The van der Waals surface area contributed by atoms with E-state index in [0.29, 0.717) is 35.5 Å². The van der Waals surface area contributed by atoms with Crippen molar-refractivity contribution in [1.82, 2.24) is 4.98 Å². The highest BCUT2D eigenvalue weighted by atomic mass is 19.3. The third-order valence-corrected chi connectivity index (χ3v) is 6.36. The number of nitrogens with zero attached hydrogens (tertiary/aromatic N) is 1. The molecular formula is C26H22F2N2O4. The molecule has 0 atom stereocenters. The summed E-state index contributed by atoms with van der Waals surface area (Å²) in [6.07, 6.45) is -2.54. The minimum Gasteiger partial charge on any atom is -0.395 e. The van der Waals surface area contributed by atoms with E-state index in [1.54, 1.807) is 18.2 Å². The van der Waals surface area contributed by atoms with Crippen LogP contribution in [0.4, 0.5) is 14.6 Å². The predicted molar refractivity (Wildman–Crippen MR) is 121 cm³/mol. The molecule has 1 fully saturated rings. The predicted octanol–water partition coefficient (Wildman–Crippen LogP) is 5.56. The summed E-state index contributed by atoms with van der Waals surface area (Å²) in [5, 5.41) is 2.88. The molecule has 34 heavy (non-hydrogen) atoms. The SMILES string of the molecule is CC(=O)c1ccc(-c2nc(NC(=O)C3(c4ccc5c(c4)OC(F)(F)O5)CC3)ccc2C)cc1C. The molecule has 1 amide bonds. The average Bonchev–Trinajstić information content (AvgIpc) is 3.52. The summed E-state index contributed by atoms with van der Waals surface area (Å²) in [4.78, 5) is 29.6. The van der Waals surface area contributed by atoms with Crippen molar-refractivity contribution in [2.45, 2.75) is 45.3 Å². The second-order valence-electron chi connectivity index (χ2n) is 8.81. The molecule has 3 aromatic rings. The van der Waals surface area contributed by atoms with Crippen molar-refractivity contribution in [2.75, 3.05) is 5.32 Å². The van der Waals surface area contributed by atoms with Gasteiger partial charge in [-0.05, 0) is 74.6 Å². The number of anilines is 1. The second kappa shape index (κ2) is 7.62. The summed E-state index contributed by atoms with van der Waals surface area (Å²) in [7, 11) is 0. The zero-order valence-electron chi connectivity index (χ0n) is 18.9. The molecule has 2 heterocycles. The Kier molecular flexibility index (Phi) is 4.93. The summed E-state index contributed by atoms with van der Waals surface area (Å²) in [5.74, 6) is -0.0136. The summed E-state index contributed by atoms with van der Waals surface area (Å²) in [6, 6.07) is 13.6. The molecule has 0 saturated heterocycles. The maximum Gasteiger partial charge on any atom is 0.586 e. The number of aromatic nitrogens is 1. The Morgan fingerprint density at radius 1 is 0.941 bits per heavy atom. The van der Waals surface area contributed by atoms with Gasteiger partial charge in [-0.15, -0.1) is 8.78 Å². The largest absolute Gasteiger partial charge is 0.586 e. The highest BCUT2D eigenvalue weighted by Gasteiger charge is 2.53. The van der Waals surface area contributed by atoms with Gasteiger partial charge in [-0.25, -0.2) is 4.98 Å². The van der Waals surface area contributed by atoms with Crippen LogP contribution in [0.5, 0.6) is 11.5 Å². The van der Waals surface area contributed by atoms with Gasteiger partial charge in [0.15, 0.2) is 17.3 Å². The normalized spacial score (nSPS) is 16.7. The van der Waals surface area contributed by atoms with Crippen LogP contribution in [0.3, 0.4) is 0 Å². The van der Waals surface area contributed by atoms with Crippen LogP contribution in [0.15, 0.2) is 48.5 Å². The minimum atomic E-state index is -3.71. The molecule has 0 bridgehead atoms. The first-order valence-corrected chi connectivity index (χ1v) is 10.9. The Balaban J connectivity index is 1.40. The van der Waals surface area contributed by atoms with Gasteiger partial charge in [0, 0.05) is 11.1 Å². The Labute approximate surface area is 194 Å². The number of hydrogen-bond acceptors (Lipinski definition) is 5. The van der Waals surface area contributed by atoms with E-state index in [1.165, 1.54) is 19.1 Å². The third-order valence-electron chi connectivity index (χ3n) is 6.36. The average molecular weight is 464 g/mol. The maximum absolute atomic E-state index is 13.4. The van der Waals surface area contributed by atoms with Crippen molar-refractivity contribution in [2.24, 2.45) is 0 Å². The Morgan fingerprint density at radius 2 is 1.68 bits per heavy atom. The molecule has 6 nitrogen and oxygen atoms in total. The third kappa shape index (κ3) is 3.79. The van der Waals surface area contributed by atoms with Gasteiger partial charge in [-0.2, -0.15) is 0 Å². The molecule has 5 rings (SSSR count). The molecule has 1 aliphatic carbocycles. The topological polar surface area (TPSA) is 77.5 Å². The fourth-order valence-corrected chi connectivity index (χ4v) is 4.35. The molecule has 2 aliphatic rings. The van der Waals surface area contributed by atoms with E-state index < -0.39 is 11.7 Å².